The van der Waals surface area contributed by atoms with Crippen molar-refractivity contribution in [3.8, 4) is 0 Å². The van der Waals surface area contributed by atoms with Crippen LogP contribution in [0.1, 0.15) is 48.0 Å². The first-order valence-electron chi connectivity index (χ1n) is 6.22. The topological polar surface area (TPSA) is 64.6 Å². The van der Waals surface area contributed by atoms with Crippen molar-refractivity contribution in [2.75, 3.05) is 6.61 Å². The molecule has 1 fully saturated rings. The number of alkyl carbamates (subject to hydrolysis) is 1. The third kappa shape index (κ3) is 2.94. The van der Waals surface area contributed by atoms with Gasteiger partial charge in [0.15, 0.2) is 0 Å². The largest absolute Gasteiger partial charge is 0.464 e. The molecule has 0 aliphatic heterocycles. The quantitative estimate of drug-likeness (QED) is 0.787. The summed E-state index contributed by atoms with van der Waals surface area (Å²) in [6.45, 7) is 11.2. The van der Waals surface area contributed by atoms with E-state index in [1.165, 1.54) is 0 Å². The van der Waals surface area contributed by atoms with Crippen LogP contribution >= 0.6 is 0 Å². The Morgan fingerprint density at radius 2 is 1.78 bits per heavy atom. The van der Waals surface area contributed by atoms with Gasteiger partial charge in [0.05, 0.1) is 6.61 Å². The minimum atomic E-state index is -0.939. The molecule has 1 aliphatic carbocycles. The van der Waals surface area contributed by atoms with E-state index >= 15 is 0 Å². The van der Waals surface area contributed by atoms with Crippen LogP contribution in [0.5, 0.6) is 0 Å². The molecular weight excluding hydrogens is 234 g/mol. The molecule has 0 bridgehead atoms. The summed E-state index contributed by atoms with van der Waals surface area (Å²) < 4.78 is 10.2. The zero-order chi connectivity index (χ0) is 14.2. The Kier molecular flexibility index (Phi) is 3.65. The number of hydrogen-bond donors (Lipinski definition) is 1. The third-order valence-corrected chi connectivity index (χ3v) is 3.08. The second-order valence-electron chi connectivity index (χ2n) is 6.31. The van der Waals surface area contributed by atoms with Crippen LogP contribution in [0.25, 0.3) is 0 Å². The summed E-state index contributed by atoms with van der Waals surface area (Å²) in [5.41, 5.74) is -1.82. The Morgan fingerprint density at radius 1 is 1.28 bits per heavy atom. The molecule has 0 radical (unpaired) electrons. The summed E-state index contributed by atoms with van der Waals surface area (Å²) in [5.74, 6) is -0.388. The molecule has 0 heterocycles. The van der Waals surface area contributed by atoms with Crippen molar-refractivity contribution in [1.82, 2.24) is 5.32 Å². The molecule has 1 atom stereocenters. The number of nitrogens with one attached hydrogen (secondary N) is 1. The van der Waals surface area contributed by atoms with Crippen molar-refractivity contribution >= 4 is 12.1 Å². The Labute approximate surface area is 108 Å². The molecule has 1 rings (SSSR count). The number of carbonyl (C=O) groups is 2. The highest BCUT2D eigenvalue weighted by molar-refractivity contribution is 5.90. The van der Waals surface area contributed by atoms with E-state index in [0.717, 1.165) is 0 Å². The van der Waals surface area contributed by atoms with Crippen molar-refractivity contribution in [3.05, 3.63) is 0 Å². The number of esters is 1. The van der Waals surface area contributed by atoms with Gasteiger partial charge < -0.3 is 14.8 Å². The SMILES string of the molecule is CCOC(=O)C1(NC(=O)OC(C)(C)C)CC1(C)C. The van der Waals surface area contributed by atoms with Gasteiger partial charge in [-0.3, -0.25) is 0 Å². The fourth-order valence-corrected chi connectivity index (χ4v) is 1.96. The molecule has 0 aromatic heterocycles. The zero-order valence-electron chi connectivity index (χ0n) is 12.0. The minimum Gasteiger partial charge on any atom is -0.464 e. The molecule has 18 heavy (non-hydrogen) atoms. The number of amides is 1. The lowest BCUT2D eigenvalue weighted by Crippen LogP contribution is -2.49. The molecule has 5 heteroatoms. The third-order valence-electron chi connectivity index (χ3n) is 3.08. The molecule has 0 aromatic rings. The normalized spacial score (nSPS) is 25.2. The first kappa shape index (κ1) is 14.8. The van der Waals surface area contributed by atoms with Gasteiger partial charge in [0.25, 0.3) is 0 Å². The maximum atomic E-state index is 12.0. The molecule has 104 valence electrons. The maximum absolute atomic E-state index is 12.0. The first-order chi connectivity index (χ1) is 8.04. The van der Waals surface area contributed by atoms with Gasteiger partial charge in [-0.2, -0.15) is 0 Å². The monoisotopic (exact) mass is 257 g/mol. The molecular formula is C13H23NO4. The summed E-state index contributed by atoms with van der Waals surface area (Å²) in [5, 5.41) is 2.66. The zero-order valence-corrected chi connectivity index (χ0v) is 12.0. The van der Waals surface area contributed by atoms with E-state index in [0.29, 0.717) is 13.0 Å². The lowest BCUT2D eigenvalue weighted by Gasteiger charge is -2.24. The number of ether oxygens (including phenoxy) is 2. The lowest BCUT2D eigenvalue weighted by molar-refractivity contribution is -0.148. The van der Waals surface area contributed by atoms with Crippen molar-refractivity contribution < 1.29 is 19.1 Å². The summed E-state index contributed by atoms with van der Waals surface area (Å²) in [7, 11) is 0. The predicted octanol–water partition coefficient (Wildman–Crippen LogP) is 2.24. The Morgan fingerprint density at radius 3 is 2.11 bits per heavy atom. The summed E-state index contributed by atoms with van der Waals surface area (Å²) in [4.78, 5) is 23.7. The van der Waals surface area contributed by atoms with Gasteiger partial charge in [-0.1, -0.05) is 13.8 Å². The van der Waals surface area contributed by atoms with Gasteiger partial charge in [0.1, 0.15) is 11.1 Å². The van der Waals surface area contributed by atoms with E-state index in [9.17, 15) is 9.59 Å². The molecule has 0 aromatic carbocycles. The highest BCUT2D eigenvalue weighted by Gasteiger charge is 2.69. The van der Waals surface area contributed by atoms with E-state index in [1.807, 2.05) is 13.8 Å². The Balaban J connectivity index is 2.72. The smallest absolute Gasteiger partial charge is 0.408 e. The minimum absolute atomic E-state index is 0.295. The van der Waals surface area contributed by atoms with E-state index in [4.69, 9.17) is 9.47 Å². The Bertz CT molecular complexity index is 356. The van der Waals surface area contributed by atoms with Crippen LogP contribution in [0, 0.1) is 5.41 Å². The second kappa shape index (κ2) is 4.44. The van der Waals surface area contributed by atoms with E-state index in [-0.39, 0.29) is 11.4 Å². The van der Waals surface area contributed by atoms with E-state index in [1.54, 1.807) is 27.7 Å². The summed E-state index contributed by atoms with van der Waals surface area (Å²) >= 11 is 0. The average Bonchev–Trinajstić information content (AvgIpc) is 2.66. The van der Waals surface area contributed by atoms with Crippen molar-refractivity contribution in [2.24, 2.45) is 5.41 Å². The number of rotatable bonds is 3. The fourth-order valence-electron chi connectivity index (χ4n) is 1.96. The van der Waals surface area contributed by atoms with Crippen molar-refractivity contribution in [3.63, 3.8) is 0 Å². The molecule has 0 spiro atoms. The van der Waals surface area contributed by atoms with Crippen LogP contribution in [-0.4, -0.2) is 29.8 Å². The standard InChI is InChI=1S/C13H23NO4/c1-7-17-9(15)13(8-12(13,5)6)14-10(16)18-11(2,3)4/h7-8H2,1-6H3,(H,14,16). The lowest BCUT2D eigenvalue weighted by atomic mass is 10.1. The fraction of sp³-hybridized carbons (Fsp3) is 0.846. The van der Waals surface area contributed by atoms with Crippen LogP contribution in [-0.2, 0) is 14.3 Å². The van der Waals surface area contributed by atoms with Gasteiger partial charge >= 0.3 is 12.1 Å². The summed E-state index contributed by atoms with van der Waals surface area (Å²) in [6.07, 6.45) is -0.0148. The molecule has 1 aliphatic rings. The van der Waals surface area contributed by atoms with Gasteiger partial charge in [0.2, 0.25) is 0 Å². The number of carbonyl (C=O) groups excluding carboxylic acids is 2. The Hall–Kier alpha value is -1.26. The van der Waals surface area contributed by atoms with E-state index in [2.05, 4.69) is 5.32 Å². The van der Waals surface area contributed by atoms with Crippen LogP contribution in [0.15, 0.2) is 0 Å². The molecule has 1 saturated carbocycles. The average molecular weight is 257 g/mol. The molecule has 0 saturated heterocycles. The van der Waals surface area contributed by atoms with Gasteiger partial charge in [0, 0.05) is 5.41 Å². The van der Waals surface area contributed by atoms with E-state index < -0.39 is 17.2 Å². The van der Waals surface area contributed by atoms with Crippen LogP contribution < -0.4 is 5.32 Å². The number of hydrogen-bond acceptors (Lipinski definition) is 4. The molecule has 1 unspecified atom stereocenters. The molecule has 1 amide bonds. The highest BCUT2D eigenvalue weighted by Crippen LogP contribution is 2.56. The molecule has 1 N–H and O–H groups in total. The van der Waals surface area contributed by atoms with Crippen LogP contribution in [0.3, 0.4) is 0 Å². The van der Waals surface area contributed by atoms with Gasteiger partial charge in [-0.05, 0) is 34.1 Å². The highest BCUT2D eigenvalue weighted by atomic mass is 16.6. The van der Waals surface area contributed by atoms with Gasteiger partial charge in [-0.15, -0.1) is 0 Å². The van der Waals surface area contributed by atoms with Gasteiger partial charge in [-0.25, -0.2) is 9.59 Å². The van der Waals surface area contributed by atoms with Crippen molar-refractivity contribution in [1.29, 1.82) is 0 Å². The summed E-state index contributed by atoms with van der Waals surface area (Å²) in [6, 6.07) is 0. The second-order valence-corrected chi connectivity index (χ2v) is 6.31. The molecule has 5 nitrogen and oxygen atoms in total. The van der Waals surface area contributed by atoms with Crippen molar-refractivity contribution in [2.45, 2.75) is 59.1 Å². The van der Waals surface area contributed by atoms with Crippen LogP contribution in [0.2, 0.25) is 0 Å². The first-order valence-corrected chi connectivity index (χ1v) is 6.22. The van der Waals surface area contributed by atoms with Crippen LogP contribution in [0.4, 0.5) is 4.79 Å². The maximum Gasteiger partial charge on any atom is 0.408 e. The predicted molar refractivity (Wildman–Crippen MR) is 67.1 cm³/mol.